The molecule has 5 nitrogen and oxygen atoms in total. The second kappa shape index (κ2) is 7.47. The van der Waals surface area contributed by atoms with Gasteiger partial charge in [-0.3, -0.25) is 4.79 Å². The zero-order chi connectivity index (χ0) is 15.1. The Labute approximate surface area is 124 Å². The van der Waals surface area contributed by atoms with E-state index in [0.29, 0.717) is 12.2 Å². The zero-order valence-corrected chi connectivity index (χ0v) is 12.4. The van der Waals surface area contributed by atoms with E-state index in [1.54, 1.807) is 24.5 Å². The Morgan fingerprint density at radius 1 is 1.33 bits per heavy atom. The van der Waals surface area contributed by atoms with Crippen LogP contribution in [0.1, 0.15) is 48.9 Å². The lowest BCUT2D eigenvalue weighted by Gasteiger charge is -2.15. The van der Waals surface area contributed by atoms with Crippen molar-refractivity contribution in [2.75, 3.05) is 6.61 Å². The van der Waals surface area contributed by atoms with Gasteiger partial charge in [0.15, 0.2) is 0 Å². The van der Waals surface area contributed by atoms with Crippen molar-refractivity contribution in [3.05, 3.63) is 48.0 Å². The van der Waals surface area contributed by atoms with Crippen LogP contribution in [0.4, 0.5) is 0 Å². The summed E-state index contributed by atoms with van der Waals surface area (Å²) in [5, 5.41) is 2.97. The minimum Gasteiger partial charge on any atom is -0.494 e. The number of amides is 1. The molecule has 0 aliphatic rings. The Balaban J connectivity index is 1.99. The number of rotatable bonds is 7. The minimum atomic E-state index is -0.111. The van der Waals surface area contributed by atoms with Gasteiger partial charge in [-0.25, -0.2) is 4.98 Å². The van der Waals surface area contributed by atoms with Gasteiger partial charge in [-0.15, -0.1) is 0 Å². The number of nitrogens with one attached hydrogen (secondary N) is 2. The number of aromatic amines is 1. The number of carbonyl (C=O) groups is 1. The van der Waals surface area contributed by atoms with Crippen LogP contribution in [0.5, 0.6) is 5.75 Å². The van der Waals surface area contributed by atoms with Crippen molar-refractivity contribution in [1.29, 1.82) is 0 Å². The highest BCUT2D eigenvalue weighted by Crippen LogP contribution is 2.15. The van der Waals surface area contributed by atoms with Gasteiger partial charge in [-0.1, -0.05) is 13.8 Å². The molecule has 2 N–H and O–H groups in total. The third kappa shape index (κ3) is 4.08. The zero-order valence-electron chi connectivity index (χ0n) is 12.4. The summed E-state index contributed by atoms with van der Waals surface area (Å²) in [4.78, 5) is 19.5. The Morgan fingerprint density at radius 3 is 2.67 bits per heavy atom. The largest absolute Gasteiger partial charge is 0.494 e. The molecule has 5 heteroatoms. The molecule has 0 aliphatic heterocycles. The number of nitrogens with zero attached hydrogens (tertiary/aromatic N) is 1. The van der Waals surface area contributed by atoms with E-state index in [1.165, 1.54) is 0 Å². The Hall–Kier alpha value is -2.30. The van der Waals surface area contributed by atoms with Gasteiger partial charge in [0, 0.05) is 18.0 Å². The maximum Gasteiger partial charge on any atom is 0.251 e. The van der Waals surface area contributed by atoms with Crippen molar-refractivity contribution in [1.82, 2.24) is 15.3 Å². The smallest absolute Gasteiger partial charge is 0.251 e. The fraction of sp³-hybridized carbons (Fsp3) is 0.375. The third-order valence-electron chi connectivity index (χ3n) is 3.15. The maximum atomic E-state index is 12.2. The van der Waals surface area contributed by atoms with Crippen LogP contribution in [0, 0.1) is 0 Å². The molecule has 1 aromatic carbocycles. The standard InChI is InChI=1S/C16H21N3O2/c1-3-11-21-13-7-5-12(6-8-13)16(20)19-14(4-2)15-17-9-10-18-15/h5-10,14H,3-4,11H2,1-2H3,(H,17,18)(H,19,20). The SMILES string of the molecule is CCCOc1ccc(C(=O)NC(CC)c2ncc[nH]2)cc1. The van der Waals surface area contributed by atoms with E-state index in [1.807, 2.05) is 19.1 Å². The summed E-state index contributed by atoms with van der Waals surface area (Å²) < 4.78 is 5.50. The summed E-state index contributed by atoms with van der Waals surface area (Å²) in [6, 6.07) is 7.07. The molecule has 1 heterocycles. The highest BCUT2D eigenvalue weighted by molar-refractivity contribution is 5.94. The lowest BCUT2D eigenvalue weighted by molar-refractivity contribution is 0.0934. The molecule has 2 aromatic rings. The molecule has 21 heavy (non-hydrogen) atoms. The number of carbonyl (C=O) groups excluding carboxylic acids is 1. The summed E-state index contributed by atoms with van der Waals surface area (Å²) in [7, 11) is 0. The van der Waals surface area contributed by atoms with Gasteiger partial charge in [0.2, 0.25) is 0 Å². The average molecular weight is 287 g/mol. The van der Waals surface area contributed by atoms with Gasteiger partial charge < -0.3 is 15.0 Å². The molecule has 1 atom stereocenters. The monoisotopic (exact) mass is 287 g/mol. The van der Waals surface area contributed by atoms with Gasteiger partial charge >= 0.3 is 0 Å². The Kier molecular flexibility index (Phi) is 5.37. The molecule has 0 fully saturated rings. The molecule has 0 saturated heterocycles. The van der Waals surface area contributed by atoms with Gasteiger partial charge in [0.25, 0.3) is 5.91 Å². The van der Waals surface area contributed by atoms with Crippen LogP contribution in [-0.2, 0) is 0 Å². The Morgan fingerprint density at radius 2 is 2.10 bits per heavy atom. The van der Waals surface area contributed by atoms with E-state index >= 15 is 0 Å². The molecule has 0 spiro atoms. The van der Waals surface area contributed by atoms with Crippen LogP contribution in [0.2, 0.25) is 0 Å². The molecule has 0 saturated carbocycles. The number of aromatic nitrogens is 2. The van der Waals surface area contributed by atoms with Gasteiger partial charge in [-0.2, -0.15) is 0 Å². The topological polar surface area (TPSA) is 67.0 Å². The molecule has 0 radical (unpaired) electrons. The molecule has 2 rings (SSSR count). The lowest BCUT2D eigenvalue weighted by Crippen LogP contribution is -2.28. The first-order valence-corrected chi connectivity index (χ1v) is 7.27. The highest BCUT2D eigenvalue weighted by Gasteiger charge is 2.15. The first-order chi connectivity index (χ1) is 10.2. The van der Waals surface area contributed by atoms with Crippen molar-refractivity contribution < 1.29 is 9.53 Å². The molecular formula is C16H21N3O2. The fourth-order valence-corrected chi connectivity index (χ4v) is 2.00. The number of hydrogen-bond acceptors (Lipinski definition) is 3. The number of benzene rings is 1. The molecule has 1 aromatic heterocycles. The first-order valence-electron chi connectivity index (χ1n) is 7.27. The summed E-state index contributed by atoms with van der Waals surface area (Å²) in [6.07, 6.45) is 5.18. The molecule has 0 aliphatic carbocycles. The Bertz CT molecular complexity index is 549. The van der Waals surface area contributed by atoms with Gasteiger partial charge in [0.1, 0.15) is 11.6 Å². The summed E-state index contributed by atoms with van der Waals surface area (Å²) >= 11 is 0. The molecule has 1 unspecified atom stereocenters. The van der Waals surface area contributed by atoms with Crippen molar-refractivity contribution in [2.45, 2.75) is 32.7 Å². The van der Waals surface area contributed by atoms with E-state index in [9.17, 15) is 4.79 Å². The van der Waals surface area contributed by atoms with Gasteiger partial charge in [0.05, 0.1) is 12.6 Å². The second-order valence-electron chi connectivity index (χ2n) is 4.78. The predicted octanol–water partition coefficient (Wildman–Crippen LogP) is 3.08. The van der Waals surface area contributed by atoms with Crippen LogP contribution in [-0.4, -0.2) is 22.5 Å². The lowest BCUT2D eigenvalue weighted by atomic mass is 10.1. The number of H-pyrrole nitrogens is 1. The first kappa shape index (κ1) is 15.1. The normalized spacial score (nSPS) is 11.9. The quantitative estimate of drug-likeness (QED) is 0.822. The van der Waals surface area contributed by atoms with Crippen molar-refractivity contribution in [2.24, 2.45) is 0 Å². The van der Waals surface area contributed by atoms with E-state index in [4.69, 9.17) is 4.74 Å². The van der Waals surface area contributed by atoms with E-state index in [2.05, 4.69) is 22.2 Å². The fourth-order valence-electron chi connectivity index (χ4n) is 2.00. The van der Waals surface area contributed by atoms with E-state index in [-0.39, 0.29) is 11.9 Å². The van der Waals surface area contributed by atoms with Gasteiger partial charge in [-0.05, 0) is 37.1 Å². The van der Waals surface area contributed by atoms with Crippen LogP contribution in [0.15, 0.2) is 36.7 Å². The highest BCUT2D eigenvalue weighted by atomic mass is 16.5. The van der Waals surface area contributed by atoms with Crippen molar-refractivity contribution in [3.63, 3.8) is 0 Å². The summed E-state index contributed by atoms with van der Waals surface area (Å²) in [5.41, 5.74) is 0.615. The number of imidazole rings is 1. The maximum absolute atomic E-state index is 12.2. The summed E-state index contributed by atoms with van der Waals surface area (Å²) in [5.74, 6) is 1.44. The van der Waals surface area contributed by atoms with Crippen LogP contribution in [0.25, 0.3) is 0 Å². The predicted molar refractivity (Wildman–Crippen MR) is 81.3 cm³/mol. The van der Waals surface area contributed by atoms with Crippen molar-refractivity contribution >= 4 is 5.91 Å². The molecule has 112 valence electrons. The number of hydrogen-bond donors (Lipinski definition) is 2. The third-order valence-corrected chi connectivity index (χ3v) is 3.15. The van der Waals surface area contributed by atoms with Crippen LogP contribution >= 0.6 is 0 Å². The average Bonchev–Trinajstić information content (AvgIpc) is 3.05. The molecule has 1 amide bonds. The van der Waals surface area contributed by atoms with E-state index in [0.717, 1.165) is 24.4 Å². The second-order valence-corrected chi connectivity index (χ2v) is 4.78. The van der Waals surface area contributed by atoms with E-state index < -0.39 is 0 Å². The van der Waals surface area contributed by atoms with Crippen LogP contribution in [0.3, 0.4) is 0 Å². The number of ether oxygens (including phenoxy) is 1. The van der Waals surface area contributed by atoms with Crippen molar-refractivity contribution in [3.8, 4) is 5.75 Å². The minimum absolute atomic E-state index is 0.108. The molecule has 0 bridgehead atoms. The van der Waals surface area contributed by atoms with Crippen LogP contribution < -0.4 is 10.1 Å². The molecular weight excluding hydrogens is 266 g/mol. The summed E-state index contributed by atoms with van der Waals surface area (Å²) in [6.45, 7) is 4.75.